The first-order chi connectivity index (χ1) is 20.5. The van der Waals surface area contributed by atoms with Crippen LogP contribution in [0.25, 0.3) is 0 Å². The molecule has 18 heteroatoms. The maximum absolute atomic E-state index is 11.2. The van der Waals surface area contributed by atoms with Gasteiger partial charge in [0.05, 0.1) is 14.2 Å². The number of methoxy groups -OCH3 is 2. The molecule has 45 heavy (non-hydrogen) atoms. The van der Waals surface area contributed by atoms with Gasteiger partial charge in [0.15, 0.2) is 24.4 Å². The molecule has 0 aliphatic carbocycles. The van der Waals surface area contributed by atoms with E-state index in [1.807, 2.05) is 24.3 Å². The van der Waals surface area contributed by atoms with Crippen LogP contribution in [0.1, 0.15) is 0 Å². The minimum atomic E-state index is -11.2. The fourth-order valence-corrected chi connectivity index (χ4v) is 6.90. The maximum Gasteiger partial charge on any atom is 0.357 e. The quantitative estimate of drug-likeness (QED) is 0.0971. The van der Waals surface area contributed by atoms with E-state index >= 15 is 0 Å². The second-order valence-electron chi connectivity index (χ2n) is 7.95. The predicted molar refractivity (Wildman–Crippen MR) is 142 cm³/mol. The van der Waals surface area contributed by atoms with Crippen LogP contribution in [0.2, 0.25) is 0 Å². The van der Waals surface area contributed by atoms with Gasteiger partial charge in [-0.25, -0.2) is 8.42 Å². The summed E-state index contributed by atoms with van der Waals surface area (Å²) < 4.78 is 134. The van der Waals surface area contributed by atoms with Crippen LogP contribution >= 0.6 is 0 Å². The third kappa shape index (κ3) is 22.2. The molecule has 0 aliphatic heterocycles. The zero-order valence-electron chi connectivity index (χ0n) is 22.9. The fraction of sp³-hybridized carbons (Fsp3) is 0.111. The number of hydrogen-bond donors (Lipinski definition) is 0. The van der Waals surface area contributed by atoms with Crippen LogP contribution in [0, 0.1) is 14.3 Å². The summed E-state index contributed by atoms with van der Waals surface area (Å²) in [6.07, 6.45) is 0. The van der Waals surface area contributed by atoms with E-state index in [4.69, 9.17) is 22.4 Å². The van der Waals surface area contributed by atoms with E-state index in [1.54, 1.807) is 14.2 Å². The van der Waals surface area contributed by atoms with Gasteiger partial charge >= 0.3 is 84.3 Å². The van der Waals surface area contributed by atoms with Gasteiger partial charge in [-0.1, -0.05) is 36.4 Å². The molecule has 0 aliphatic rings. The van der Waals surface area contributed by atoms with Crippen LogP contribution < -0.4 is 51.9 Å². The second-order valence-corrected chi connectivity index (χ2v) is 20.9. The first-order valence-electron chi connectivity index (χ1n) is 11.7. The summed E-state index contributed by atoms with van der Waals surface area (Å²) in [5.74, 6) is 1.82. The van der Waals surface area contributed by atoms with E-state index < -0.39 is 35.1 Å². The first kappa shape index (κ1) is 41.1. The topological polar surface area (TPSA) is 75.7 Å². The number of rotatable bonds is 6. The Bertz CT molecular complexity index is 1450. The molecule has 0 saturated heterocycles. The van der Waals surface area contributed by atoms with E-state index in [9.17, 15) is 30.0 Å². The summed E-state index contributed by atoms with van der Waals surface area (Å²) in [5.41, 5.74) is -5.65. The monoisotopic (exact) mass is 1010 g/mol. The zero-order valence-corrected chi connectivity index (χ0v) is 30.6. The summed E-state index contributed by atoms with van der Waals surface area (Å²) in [6.45, 7) is 0. The van der Waals surface area contributed by atoms with Crippen LogP contribution in [0.5, 0.6) is 11.5 Å². The summed E-state index contributed by atoms with van der Waals surface area (Å²) in [5, 5.41) is 0. The van der Waals surface area contributed by atoms with Crippen LogP contribution in [0.3, 0.4) is 0 Å². The van der Waals surface area contributed by atoms with Crippen molar-refractivity contribution in [3.05, 3.63) is 123 Å². The second kappa shape index (κ2) is 16.7. The standard InChI is InChI=1S/C14H14IO2.C12H10I.CHF3O3S.6FH.Sb/c1-16-13-7-3-11(4-8-13)15-12-5-9-14(17-2)10-6-12;1-3-7-11(8-4-1)13-12-9-5-2-6-10-12;2-1(3,4)8(5,6)7;;;;;;;/h3-10H,1-2H3;1-10H;(H,5,6,7);6*1H;/q2*+1;;;;;;;;+5/p-7. The molecule has 0 radical (unpaired) electrons. The minimum absolute atomic E-state index is 0.0287. The fourth-order valence-electron chi connectivity index (χ4n) is 2.47. The average molecular weight is 1010 g/mol. The molecule has 250 valence electrons. The minimum Gasteiger partial charge on any atom is -0.0619 e. The normalized spacial score (nSPS) is 12.7. The van der Waals surface area contributed by atoms with Crippen molar-refractivity contribution in [1.29, 1.82) is 0 Å². The molecule has 4 aromatic carbocycles. The molecule has 0 fully saturated rings. The van der Waals surface area contributed by atoms with E-state index in [1.165, 1.54) is 14.3 Å². The van der Waals surface area contributed by atoms with E-state index in [0.717, 1.165) is 11.5 Å². The Morgan fingerprint density at radius 1 is 0.556 bits per heavy atom. The zero-order chi connectivity index (χ0) is 34.4. The van der Waals surface area contributed by atoms with Gasteiger partial charge in [0.25, 0.3) is 0 Å². The maximum atomic E-state index is 10.7. The predicted octanol–water partition coefficient (Wildman–Crippen LogP) is 1.84. The Morgan fingerprint density at radius 2 is 0.778 bits per heavy atom. The molecular formula is C27H24F9I2O5SSb. The molecule has 0 spiro atoms. The van der Waals surface area contributed by atoms with Gasteiger partial charge in [-0.3, -0.25) is 0 Å². The molecule has 4 aromatic rings. The molecule has 0 saturated carbocycles. The van der Waals surface area contributed by atoms with Gasteiger partial charge in [-0.2, -0.15) is 13.2 Å². The van der Waals surface area contributed by atoms with Gasteiger partial charge in [0.2, 0.25) is 0 Å². The smallest absolute Gasteiger partial charge is 0.0619 e. The molecule has 0 unspecified atom stereocenters. The summed E-state index contributed by atoms with van der Waals surface area (Å²) in [4.78, 5) is 0. The summed E-state index contributed by atoms with van der Waals surface area (Å²) in [6, 6.07) is 38.0. The van der Waals surface area contributed by atoms with Gasteiger partial charge in [-0.05, 0) is 72.8 Å². The van der Waals surface area contributed by atoms with Crippen molar-refractivity contribution >= 4 is 29.6 Å². The van der Waals surface area contributed by atoms with Gasteiger partial charge < -0.3 is 14.0 Å². The number of benzene rings is 4. The Hall–Kier alpha value is -1.96. The molecule has 0 atom stereocenters. The number of hydrogen-bond acceptors (Lipinski definition) is 5. The summed E-state index contributed by atoms with van der Waals surface area (Å²) in [7, 11) is -2.71. The van der Waals surface area contributed by atoms with Crippen molar-refractivity contribution in [3.8, 4) is 11.5 Å². The Kier molecular flexibility index (Phi) is 15.3. The third-order valence-corrected chi connectivity index (χ3v) is 10.2. The Balaban J connectivity index is 0.000000321. The molecule has 0 N–H and O–H groups in total. The summed E-state index contributed by atoms with van der Waals surface area (Å²) >= 11 is -11.3. The molecule has 4 rings (SSSR count). The third-order valence-electron chi connectivity index (χ3n) is 4.28. The van der Waals surface area contributed by atoms with E-state index in [-0.39, 0.29) is 42.4 Å². The Morgan fingerprint density at radius 3 is 0.978 bits per heavy atom. The van der Waals surface area contributed by atoms with E-state index in [0.29, 0.717) is 0 Å². The number of halogens is 11. The van der Waals surface area contributed by atoms with Crippen LogP contribution in [-0.2, 0) is 10.1 Å². The van der Waals surface area contributed by atoms with Gasteiger partial charge in [0.1, 0.15) is 11.5 Å². The van der Waals surface area contributed by atoms with Gasteiger partial charge in [0, 0.05) is 0 Å². The molecule has 0 amide bonds. The van der Waals surface area contributed by atoms with Crippen molar-refractivity contribution in [1.82, 2.24) is 0 Å². The van der Waals surface area contributed by atoms with Crippen molar-refractivity contribution in [2.75, 3.05) is 14.2 Å². The van der Waals surface area contributed by atoms with E-state index in [2.05, 4.69) is 84.9 Å². The SMILES string of the molecule is COc1ccc([I+]c2ccc(OC)cc2)cc1.O=S(=O)([O-])C(F)(F)F.[F][Sb-]([F])([F])([F])([F])[F].c1ccc([I+]c2ccccc2)cc1. The first-order valence-corrected chi connectivity index (χ1v) is 23.2. The average Bonchev–Trinajstić information content (AvgIpc) is 2.93. The molecule has 0 aromatic heterocycles. The molecule has 0 heterocycles. The van der Waals surface area contributed by atoms with Crippen LogP contribution in [-0.4, -0.2) is 52.2 Å². The van der Waals surface area contributed by atoms with Crippen LogP contribution in [0.4, 0.5) is 30.0 Å². The Labute approximate surface area is 276 Å². The van der Waals surface area contributed by atoms with Crippen LogP contribution in [0.15, 0.2) is 109 Å². The van der Waals surface area contributed by atoms with Crippen molar-refractivity contribution in [2.24, 2.45) is 0 Å². The van der Waals surface area contributed by atoms with Gasteiger partial charge in [-0.15, -0.1) is 0 Å². The molecule has 0 bridgehead atoms. The molecular weight excluding hydrogens is 983 g/mol. The number of ether oxygens (including phenoxy) is 2. The van der Waals surface area contributed by atoms with Crippen molar-refractivity contribution in [3.63, 3.8) is 0 Å². The van der Waals surface area contributed by atoms with Crippen molar-refractivity contribution in [2.45, 2.75) is 5.51 Å². The molecule has 5 nitrogen and oxygen atoms in total. The number of alkyl halides is 3. The van der Waals surface area contributed by atoms with Crippen molar-refractivity contribution < 1.29 is 94.9 Å². The largest absolute Gasteiger partial charge is 0.357 e.